The number of nitrogens with one attached hydrogen (secondary N) is 2. The lowest BCUT2D eigenvalue weighted by molar-refractivity contribution is -0.882. The van der Waals surface area contributed by atoms with E-state index >= 15 is 0 Å². The van der Waals surface area contributed by atoms with Crippen molar-refractivity contribution in [3.05, 3.63) is 29.3 Å². The van der Waals surface area contributed by atoms with Crippen LogP contribution in [0, 0.1) is 0 Å². The van der Waals surface area contributed by atoms with E-state index in [-0.39, 0.29) is 17.4 Å². The molecule has 6 nitrogen and oxygen atoms in total. The number of likely N-dealkylation sites (N-methyl/N-ethyl adjacent to an activating group) is 1. The third-order valence-corrected chi connectivity index (χ3v) is 4.97. The van der Waals surface area contributed by atoms with Crippen molar-refractivity contribution in [2.75, 3.05) is 50.7 Å². The van der Waals surface area contributed by atoms with Gasteiger partial charge >= 0.3 is 0 Å². The second-order valence-corrected chi connectivity index (χ2v) is 8.48. The van der Waals surface area contributed by atoms with Crippen molar-refractivity contribution in [3.8, 4) is 0 Å². The van der Waals surface area contributed by atoms with Gasteiger partial charge in [0, 0.05) is 31.7 Å². The number of para-hydroxylation sites is 1. The van der Waals surface area contributed by atoms with Crippen molar-refractivity contribution in [2.45, 2.75) is 33.2 Å². The summed E-state index contributed by atoms with van der Waals surface area (Å²) in [6.07, 6.45) is 0. The number of halogens is 1. The topological polar surface area (TPSA) is 57.1 Å². The first-order valence-corrected chi connectivity index (χ1v) is 9.99. The first-order chi connectivity index (χ1) is 12.7. The monoisotopic (exact) mass is 395 g/mol. The van der Waals surface area contributed by atoms with Crippen LogP contribution in [0.15, 0.2) is 24.3 Å². The summed E-state index contributed by atoms with van der Waals surface area (Å²) in [7, 11) is 0. The molecule has 2 rings (SSSR count). The summed E-state index contributed by atoms with van der Waals surface area (Å²) in [4.78, 5) is 29.9. The average molecular weight is 396 g/mol. The normalized spacial score (nSPS) is 16.2. The lowest BCUT2D eigenvalue weighted by Gasteiger charge is -2.36. The molecule has 0 aliphatic carbocycles. The molecular formula is C20H32ClN4O2+. The van der Waals surface area contributed by atoms with Gasteiger partial charge in [0.1, 0.15) is 0 Å². The van der Waals surface area contributed by atoms with Crippen molar-refractivity contribution in [2.24, 2.45) is 0 Å². The SMILES string of the molecule is CC[NH+](CC(=O)NC(C)(C)C)CC(=O)N1CCN(c2ccccc2Cl)CC1. The second kappa shape index (κ2) is 9.42. The molecule has 1 aromatic rings. The van der Waals surface area contributed by atoms with Crippen LogP contribution >= 0.6 is 11.6 Å². The van der Waals surface area contributed by atoms with Crippen LogP contribution in [0.25, 0.3) is 0 Å². The van der Waals surface area contributed by atoms with Crippen LogP contribution in [0.1, 0.15) is 27.7 Å². The molecular weight excluding hydrogens is 364 g/mol. The van der Waals surface area contributed by atoms with Crippen molar-refractivity contribution in [3.63, 3.8) is 0 Å². The van der Waals surface area contributed by atoms with Crippen LogP contribution in [-0.4, -0.2) is 68.1 Å². The van der Waals surface area contributed by atoms with Gasteiger partial charge in [-0.1, -0.05) is 23.7 Å². The zero-order valence-corrected chi connectivity index (χ0v) is 17.6. The summed E-state index contributed by atoms with van der Waals surface area (Å²) in [5.74, 6) is 0.0879. The molecule has 7 heteroatoms. The number of hydrogen-bond donors (Lipinski definition) is 2. The fourth-order valence-electron chi connectivity index (χ4n) is 3.23. The molecule has 1 aliphatic heterocycles. The van der Waals surface area contributed by atoms with E-state index in [0.29, 0.717) is 26.2 Å². The number of quaternary nitrogens is 1. The molecule has 2 N–H and O–H groups in total. The van der Waals surface area contributed by atoms with Gasteiger partial charge in [-0.2, -0.15) is 0 Å². The molecule has 0 radical (unpaired) electrons. The van der Waals surface area contributed by atoms with Gasteiger partial charge in [0.2, 0.25) is 0 Å². The fourth-order valence-corrected chi connectivity index (χ4v) is 3.49. The zero-order valence-electron chi connectivity index (χ0n) is 16.8. The van der Waals surface area contributed by atoms with Crippen LogP contribution in [0.3, 0.4) is 0 Å². The van der Waals surface area contributed by atoms with Crippen molar-refractivity contribution in [1.29, 1.82) is 0 Å². The maximum absolute atomic E-state index is 12.7. The van der Waals surface area contributed by atoms with Gasteiger partial charge in [0.15, 0.2) is 13.1 Å². The Kier molecular flexibility index (Phi) is 7.50. The molecule has 1 fully saturated rings. The number of rotatable bonds is 6. The van der Waals surface area contributed by atoms with E-state index < -0.39 is 0 Å². The molecule has 1 aliphatic rings. The highest BCUT2D eigenvalue weighted by Crippen LogP contribution is 2.25. The van der Waals surface area contributed by atoms with E-state index in [2.05, 4.69) is 10.2 Å². The Morgan fingerprint density at radius 3 is 2.30 bits per heavy atom. The number of piperazine rings is 1. The van der Waals surface area contributed by atoms with E-state index in [1.807, 2.05) is 56.9 Å². The number of amides is 2. The molecule has 2 amide bonds. The lowest BCUT2D eigenvalue weighted by Crippen LogP contribution is -3.14. The molecule has 0 spiro atoms. The first-order valence-electron chi connectivity index (χ1n) is 9.61. The van der Waals surface area contributed by atoms with Crippen LogP contribution in [0.5, 0.6) is 0 Å². The summed E-state index contributed by atoms with van der Waals surface area (Å²) < 4.78 is 0. The Morgan fingerprint density at radius 1 is 1.11 bits per heavy atom. The highest BCUT2D eigenvalue weighted by Gasteiger charge is 2.26. The Balaban J connectivity index is 1.84. The average Bonchev–Trinajstić information content (AvgIpc) is 2.60. The Morgan fingerprint density at radius 2 is 1.74 bits per heavy atom. The van der Waals surface area contributed by atoms with Gasteiger partial charge < -0.3 is 20.0 Å². The van der Waals surface area contributed by atoms with Gasteiger partial charge in [0.25, 0.3) is 11.8 Å². The summed E-state index contributed by atoms with van der Waals surface area (Å²) >= 11 is 6.27. The Hall–Kier alpha value is -1.79. The number of benzene rings is 1. The molecule has 150 valence electrons. The van der Waals surface area contributed by atoms with E-state index in [1.54, 1.807) is 0 Å². The molecule has 1 atom stereocenters. The zero-order chi connectivity index (χ0) is 20.0. The minimum absolute atomic E-state index is 0.0179. The number of carbonyl (C=O) groups excluding carboxylic acids is 2. The highest BCUT2D eigenvalue weighted by atomic mass is 35.5. The van der Waals surface area contributed by atoms with E-state index in [0.717, 1.165) is 35.2 Å². The summed E-state index contributed by atoms with van der Waals surface area (Å²) in [6, 6.07) is 7.80. The van der Waals surface area contributed by atoms with Crippen LogP contribution in [0.2, 0.25) is 5.02 Å². The second-order valence-electron chi connectivity index (χ2n) is 8.07. The van der Waals surface area contributed by atoms with Crippen molar-refractivity contribution < 1.29 is 14.5 Å². The van der Waals surface area contributed by atoms with Crippen LogP contribution in [-0.2, 0) is 9.59 Å². The molecule has 0 saturated carbocycles. The standard InChI is InChI=1S/C20H31ClN4O2/c1-5-23(14-18(26)22-20(2,3)4)15-19(27)25-12-10-24(11-13-25)17-9-7-6-8-16(17)21/h6-9H,5,10-15H2,1-4H3,(H,22,26)/p+1. The van der Waals surface area contributed by atoms with Crippen molar-refractivity contribution >= 4 is 29.1 Å². The molecule has 1 unspecified atom stereocenters. The van der Waals surface area contributed by atoms with Gasteiger partial charge in [-0.15, -0.1) is 0 Å². The molecule has 1 aromatic carbocycles. The number of hydrogen-bond acceptors (Lipinski definition) is 3. The smallest absolute Gasteiger partial charge is 0.277 e. The fraction of sp³-hybridized carbons (Fsp3) is 0.600. The van der Waals surface area contributed by atoms with Gasteiger partial charge in [0.05, 0.1) is 17.3 Å². The summed E-state index contributed by atoms with van der Waals surface area (Å²) in [5.41, 5.74) is 0.764. The molecule has 0 bridgehead atoms. The minimum atomic E-state index is -0.255. The lowest BCUT2D eigenvalue weighted by atomic mass is 10.1. The van der Waals surface area contributed by atoms with E-state index in [1.165, 1.54) is 0 Å². The molecule has 0 aromatic heterocycles. The minimum Gasteiger partial charge on any atom is -0.367 e. The maximum atomic E-state index is 12.7. The number of anilines is 1. The predicted molar refractivity (Wildman–Crippen MR) is 109 cm³/mol. The third-order valence-electron chi connectivity index (χ3n) is 4.65. The Labute approximate surface area is 167 Å². The van der Waals surface area contributed by atoms with Crippen LogP contribution < -0.4 is 15.1 Å². The number of carbonyl (C=O) groups is 2. The molecule has 27 heavy (non-hydrogen) atoms. The van der Waals surface area contributed by atoms with E-state index in [4.69, 9.17) is 11.6 Å². The van der Waals surface area contributed by atoms with E-state index in [9.17, 15) is 9.59 Å². The van der Waals surface area contributed by atoms with Gasteiger partial charge in [-0.3, -0.25) is 9.59 Å². The van der Waals surface area contributed by atoms with Gasteiger partial charge in [-0.25, -0.2) is 0 Å². The highest BCUT2D eigenvalue weighted by molar-refractivity contribution is 6.33. The number of nitrogens with zero attached hydrogens (tertiary/aromatic N) is 2. The van der Waals surface area contributed by atoms with Gasteiger partial charge in [-0.05, 0) is 39.8 Å². The van der Waals surface area contributed by atoms with Crippen LogP contribution in [0.4, 0.5) is 5.69 Å². The Bertz CT molecular complexity index is 652. The largest absolute Gasteiger partial charge is 0.367 e. The third kappa shape index (κ3) is 6.70. The van der Waals surface area contributed by atoms with Crippen molar-refractivity contribution in [1.82, 2.24) is 10.2 Å². The maximum Gasteiger partial charge on any atom is 0.277 e. The molecule has 1 saturated heterocycles. The first kappa shape index (κ1) is 21.5. The summed E-state index contributed by atoms with van der Waals surface area (Å²) in [5, 5.41) is 3.70. The molecule has 1 heterocycles. The summed E-state index contributed by atoms with van der Waals surface area (Å²) in [6.45, 7) is 12.2. The predicted octanol–water partition coefficient (Wildman–Crippen LogP) is 0.808. The quantitative estimate of drug-likeness (QED) is 0.749.